The van der Waals surface area contributed by atoms with Gasteiger partial charge in [0.05, 0.1) is 32.3 Å². The van der Waals surface area contributed by atoms with E-state index in [9.17, 15) is 14.4 Å². The average molecular weight is 710 g/mol. The Morgan fingerprint density at radius 2 is 1.73 bits per heavy atom. The number of aromatic nitrogens is 4. The van der Waals surface area contributed by atoms with E-state index in [1.54, 1.807) is 6.07 Å². The van der Waals surface area contributed by atoms with Crippen LogP contribution in [0.25, 0.3) is 11.0 Å². The van der Waals surface area contributed by atoms with Gasteiger partial charge in [0, 0.05) is 37.8 Å². The second-order valence-corrected chi connectivity index (χ2v) is 10.8. The van der Waals surface area contributed by atoms with E-state index in [2.05, 4.69) is 30.7 Å². The Morgan fingerprint density at radius 1 is 1.10 bits per heavy atom. The van der Waals surface area contributed by atoms with E-state index >= 15 is 4.39 Å². The van der Waals surface area contributed by atoms with Crippen LogP contribution >= 0.6 is 11.6 Å². The Balaban J connectivity index is 0.00000109. The topological polar surface area (TPSA) is 241 Å². The highest BCUT2D eigenvalue weighted by Gasteiger charge is 2.29. The molecule has 3 amide bonds. The first-order chi connectivity index (χ1) is 23.4. The molecule has 0 atom stereocenters. The number of methoxy groups -OCH3 is 1. The van der Waals surface area contributed by atoms with Gasteiger partial charge in [0.2, 0.25) is 5.91 Å². The fourth-order valence-corrected chi connectivity index (χ4v) is 5.41. The number of imidazole rings is 1. The lowest BCUT2D eigenvalue weighted by Gasteiger charge is -2.31. The predicted octanol–water partition coefficient (Wildman–Crippen LogP) is 0.466. The highest BCUT2D eigenvalue weighted by molar-refractivity contribution is 6.31. The van der Waals surface area contributed by atoms with E-state index in [1.807, 2.05) is 34.8 Å². The van der Waals surface area contributed by atoms with Gasteiger partial charge in [-0.3, -0.25) is 28.9 Å². The summed E-state index contributed by atoms with van der Waals surface area (Å²) < 4.78 is 23.0. The second kappa shape index (κ2) is 19.7. The summed E-state index contributed by atoms with van der Waals surface area (Å²) in [5.41, 5.74) is 12.5. The van der Waals surface area contributed by atoms with Crippen LogP contribution in [0, 0.1) is 5.82 Å². The molecule has 1 aliphatic rings. The Hall–Kier alpha value is -5.10. The summed E-state index contributed by atoms with van der Waals surface area (Å²) in [4.78, 5) is 65.1. The molecule has 1 fully saturated rings. The van der Waals surface area contributed by atoms with Gasteiger partial charge in [-0.2, -0.15) is 0 Å². The zero-order valence-electron chi connectivity index (χ0n) is 27.8. The standard InChI is InChI=1S/C27H36ClFN10O3.C2H4O2.CH2O2/c1-4-32-20(40)14-37-9-7-15(8-10-37)34-26(41)16-11-18-19(12-17(16)29)39(6-3)21(38(18)5-2)13-33-27(42)22-24(30)36-25(31)23(28)35-22;1-4-2-3;2-1-3/h11-12,15H,4-10,13-14H2,1-3H3,(H6-,30,31,32,33,34,36,40,41,42);2H,1H3;1H,(H,2,3)/p+1. The van der Waals surface area contributed by atoms with Crippen molar-refractivity contribution in [1.82, 2.24) is 35.4 Å². The van der Waals surface area contributed by atoms with Gasteiger partial charge in [-0.15, -0.1) is 0 Å². The number of hydrogen-bond donors (Lipinski definition) is 6. The van der Waals surface area contributed by atoms with E-state index < -0.39 is 17.6 Å². The number of anilines is 2. The Bertz CT molecular complexity index is 1630. The van der Waals surface area contributed by atoms with Crippen molar-refractivity contribution in [2.24, 2.45) is 0 Å². The first kappa shape index (κ1) is 40.1. The number of nitrogen functional groups attached to an aromatic ring is 2. The maximum atomic E-state index is 15.4. The van der Waals surface area contributed by atoms with Crippen molar-refractivity contribution in [3.8, 4) is 0 Å². The van der Waals surface area contributed by atoms with Gasteiger partial charge in [0.1, 0.15) is 12.4 Å². The van der Waals surface area contributed by atoms with Crippen molar-refractivity contribution in [1.29, 1.82) is 0 Å². The second-order valence-electron chi connectivity index (χ2n) is 10.5. The molecule has 0 bridgehead atoms. The summed E-state index contributed by atoms with van der Waals surface area (Å²) in [6, 6.07) is 2.78. The maximum absolute atomic E-state index is 15.4. The lowest BCUT2D eigenvalue weighted by molar-refractivity contribution is -0.676. The summed E-state index contributed by atoms with van der Waals surface area (Å²) in [5.74, 6) is -1.30. The average Bonchev–Trinajstić information content (AvgIpc) is 3.37. The molecule has 0 spiro atoms. The number of hydrogen-bond acceptors (Lipinski definition) is 11. The number of likely N-dealkylation sites (tertiary alicyclic amines) is 1. The number of likely N-dealkylation sites (N-methyl/N-ethyl adjacent to an activating group) is 1. The number of nitrogens with zero attached hydrogens (tertiary/aromatic N) is 5. The van der Waals surface area contributed by atoms with E-state index in [4.69, 9.17) is 37.8 Å². The number of benzene rings is 1. The molecule has 0 radical (unpaired) electrons. The zero-order valence-corrected chi connectivity index (χ0v) is 28.6. The first-order valence-corrected chi connectivity index (χ1v) is 15.7. The highest BCUT2D eigenvalue weighted by atomic mass is 35.5. The molecule has 268 valence electrons. The Morgan fingerprint density at radius 3 is 2.29 bits per heavy atom. The molecule has 3 heterocycles. The summed E-state index contributed by atoms with van der Waals surface area (Å²) in [5, 5.41) is 15.3. The number of nitrogens with one attached hydrogen (secondary N) is 3. The van der Waals surface area contributed by atoms with Crippen LogP contribution in [-0.2, 0) is 38.8 Å². The lowest BCUT2D eigenvalue weighted by Crippen LogP contribution is -2.47. The number of rotatable bonds is 11. The minimum absolute atomic E-state index is 0.0232. The normalized spacial score (nSPS) is 12.9. The van der Waals surface area contributed by atoms with Gasteiger partial charge < -0.3 is 37.3 Å². The van der Waals surface area contributed by atoms with Crippen molar-refractivity contribution in [2.45, 2.75) is 59.3 Å². The summed E-state index contributed by atoms with van der Waals surface area (Å²) in [7, 11) is 1.31. The predicted molar refractivity (Wildman–Crippen MR) is 178 cm³/mol. The fraction of sp³-hybridized carbons (Fsp3) is 0.467. The van der Waals surface area contributed by atoms with Gasteiger partial charge in [-0.05, 0) is 33.6 Å². The van der Waals surface area contributed by atoms with Crippen LogP contribution in [-0.4, -0.2) is 94.5 Å². The van der Waals surface area contributed by atoms with Gasteiger partial charge in [-0.1, -0.05) is 11.6 Å². The third kappa shape index (κ3) is 10.7. The molecular formula is C30H43ClFN10O7+. The van der Waals surface area contributed by atoms with Crippen LogP contribution in [0.1, 0.15) is 60.3 Å². The summed E-state index contributed by atoms with van der Waals surface area (Å²) in [6.45, 7) is 9.11. The van der Waals surface area contributed by atoms with E-state index in [1.165, 1.54) is 13.2 Å². The van der Waals surface area contributed by atoms with Crippen LogP contribution in [0.2, 0.25) is 5.15 Å². The van der Waals surface area contributed by atoms with E-state index in [0.717, 1.165) is 0 Å². The Labute approximate surface area is 287 Å². The fourth-order valence-electron chi connectivity index (χ4n) is 5.28. The van der Waals surface area contributed by atoms with Crippen LogP contribution in [0.15, 0.2) is 12.1 Å². The van der Waals surface area contributed by atoms with Crippen molar-refractivity contribution < 1.29 is 42.8 Å². The van der Waals surface area contributed by atoms with Gasteiger partial charge >= 0.3 is 0 Å². The van der Waals surface area contributed by atoms with Crippen molar-refractivity contribution in [2.75, 3.05) is 44.8 Å². The molecule has 1 aliphatic heterocycles. The van der Waals surface area contributed by atoms with Gasteiger partial charge in [0.15, 0.2) is 33.5 Å². The molecule has 0 saturated carbocycles. The third-order valence-corrected chi connectivity index (χ3v) is 7.71. The van der Waals surface area contributed by atoms with Crippen molar-refractivity contribution >= 4 is 64.9 Å². The molecule has 1 aromatic carbocycles. The molecule has 1 saturated heterocycles. The molecule has 19 heteroatoms. The number of ether oxygens (including phenoxy) is 1. The van der Waals surface area contributed by atoms with Crippen molar-refractivity contribution in [3.63, 3.8) is 0 Å². The number of carbonyl (C=O) groups is 5. The maximum Gasteiger partial charge on any atom is 0.292 e. The lowest BCUT2D eigenvalue weighted by atomic mass is 10.0. The SMILES string of the molecule is CCNC(=O)CN1CCC(NC(=O)c2cc3c(cc2F)n(CC)c(CNC(=O)c2nc(Cl)c(N)nc2N)[n+]3CC)CC1.COC=O.O=CO. The smallest absolute Gasteiger partial charge is 0.292 e. The van der Waals surface area contributed by atoms with Crippen LogP contribution in [0.3, 0.4) is 0 Å². The molecule has 3 aromatic rings. The van der Waals surface area contributed by atoms with E-state index in [-0.39, 0.29) is 53.0 Å². The molecule has 17 nitrogen and oxygen atoms in total. The van der Waals surface area contributed by atoms with Crippen molar-refractivity contribution in [3.05, 3.63) is 40.2 Å². The largest absolute Gasteiger partial charge is 0.483 e. The minimum atomic E-state index is -0.640. The number of piperidine rings is 1. The van der Waals surface area contributed by atoms with Crippen LogP contribution in [0.5, 0.6) is 0 Å². The third-order valence-electron chi connectivity index (χ3n) is 7.43. The number of halogens is 2. The van der Waals surface area contributed by atoms with Crippen LogP contribution in [0.4, 0.5) is 16.0 Å². The molecule has 8 N–H and O–H groups in total. The Kier molecular flexibility index (Phi) is 16.1. The van der Waals surface area contributed by atoms with Gasteiger partial charge in [-0.25, -0.2) is 23.5 Å². The molecular weight excluding hydrogens is 667 g/mol. The summed E-state index contributed by atoms with van der Waals surface area (Å²) in [6.07, 6.45) is 1.32. The minimum Gasteiger partial charge on any atom is -0.483 e. The molecule has 2 aromatic heterocycles. The van der Waals surface area contributed by atoms with E-state index in [0.29, 0.717) is 75.4 Å². The molecule has 0 aliphatic carbocycles. The number of amides is 3. The molecule has 49 heavy (non-hydrogen) atoms. The quantitative estimate of drug-likeness (QED) is 0.118. The number of aryl methyl sites for hydroxylation is 2. The first-order valence-electron chi connectivity index (χ1n) is 15.4. The number of nitrogens with two attached hydrogens (primary N) is 2. The van der Waals surface area contributed by atoms with Crippen LogP contribution < -0.4 is 32.0 Å². The molecule has 4 rings (SSSR count). The molecule has 0 unspecified atom stereocenters. The zero-order chi connectivity index (χ0) is 36.7. The number of carbonyl (C=O) groups excluding carboxylic acids is 4. The van der Waals surface area contributed by atoms with Gasteiger partial charge in [0.25, 0.3) is 30.6 Å². The highest BCUT2D eigenvalue weighted by Crippen LogP contribution is 2.22. The number of carboxylic acid groups (broad SMARTS) is 1. The number of fused-ring (bicyclic) bond motifs is 1. The monoisotopic (exact) mass is 709 g/mol. The summed E-state index contributed by atoms with van der Waals surface area (Å²) >= 11 is 5.92.